The first-order valence-electron chi connectivity index (χ1n) is 4.51. The summed E-state index contributed by atoms with van der Waals surface area (Å²) in [5, 5.41) is 4.04. The predicted molar refractivity (Wildman–Crippen MR) is 64.5 cm³/mol. The standard InChI is InChI=1S/C10H14BrClN2/c1-7(5-13)14-6-8-2-3-9(11)10(12)4-8/h2-4,7,14H,5-6,13H2,1H3/t7-/m1/s1. The maximum atomic E-state index is 5.96. The molecule has 78 valence electrons. The number of benzene rings is 1. The maximum absolute atomic E-state index is 5.96. The van der Waals surface area contributed by atoms with Gasteiger partial charge in [0.25, 0.3) is 0 Å². The molecule has 0 saturated heterocycles. The van der Waals surface area contributed by atoms with E-state index in [1.54, 1.807) is 0 Å². The number of halogens is 2. The molecule has 4 heteroatoms. The molecule has 0 radical (unpaired) electrons. The zero-order valence-corrected chi connectivity index (χ0v) is 10.4. The van der Waals surface area contributed by atoms with E-state index >= 15 is 0 Å². The van der Waals surface area contributed by atoms with Crippen molar-refractivity contribution >= 4 is 27.5 Å². The van der Waals surface area contributed by atoms with Crippen molar-refractivity contribution in [3.8, 4) is 0 Å². The lowest BCUT2D eigenvalue weighted by atomic mass is 10.2. The summed E-state index contributed by atoms with van der Waals surface area (Å²) in [5.74, 6) is 0. The summed E-state index contributed by atoms with van der Waals surface area (Å²) < 4.78 is 0.926. The number of rotatable bonds is 4. The zero-order chi connectivity index (χ0) is 10.6. The summed E-state index contributed by atoms with van der Waals surface area (Å²) in [6.07, 6.45) is 0. The Kier molecular flexibility index (Phi) is 4.89. The molecule has 14 heavy (non-hydrogen) atoms. The molecule has 0 amide bonds. The Hall–Kier alpha value is -0.0900. The molecular weight excluding hydrogens is 263 g/mol. The normalized spacial score (nSPS) is 12.9. The van der Waals surface area contributed by atoms with Gasteiger partial charge in [-0.1, -0.05) is 17.7 Å². The molecule has 0 aliphatic rings. The average molecular weight is 278 g/mol. The van der Waals surface area contributed by atoms with Gasteiger partial charge >= 0.3 is 0 Å². The topological polar surface area (TPSA) is 38.0 Å². The largest absolute Gasteiger partial charge is 0.329 e. The van der Waals surface area contributed by atoms with Gasteiger partial charge in [-0.25, -0.2) is 0 Å². The van der Waals surface area contributed by atoms with Crippen LogP contribution in [0, 0.1) is 0 Å². The minimum atomic E-state index is 0.331. The molecule has 3 N–H and O–H groups in total. The highest BCUT2D eigenvalue weighted by Crippen LogP contribution is 2.22. The number of nitrogens with one attached hydrogen (secondary N) is 1. The maximum Gasteiger partial charge on any atom is 0.0551 e. The summed E-state index contributed by atoms with van der Waals surface area (Å²) in [7, 11) is 0. The van der Waals surface area contributed by atoms with E-state index in [1.807, 2.05) is 18.2 Å². The third-order valence-electron chi connectivity index (χ3n) is 1.99. The molecule has 2 nitrogen and oxygen atoms in total. The minimum Gasteiger partial charge on any atom is -0.329 e. The van der Waals surface area contributed by atoms with Crippen molar-refractivity contribution in [3.05, 3.63) is 33.3 Å². The third kappa shape index (κ3) is 3.58. The first-order valence-corrected chi connectivity index (χ1v) is 5.68. The van der Waals surface area contributed by atoms with Crippen molar-refractivity contribution in [3.63, 3.8) is 0 Å². The molecule has 0 aromatic heterocycles. The van der Waals surface area contributed by atoms with E-state index in [0.29, 0.717) is 12.6 Å². The van der Waals surface area contributed by atoms with Crippen LogP contribution in [0.15, 0.2) is 22.7 Å². The van der Waals surface area contributed by atoms with Gasteiger partial charge in [0.2, 0.25) is 0 Å². The molecule has 1 rings (SSSR count). The lowest BCUT2D eigenvalue weighted by molar-refractivity contribution is 0.556. The Balaban J connectivity index is 2.55. The van der Waals surface area contributed by atoms with E-state index in [1.165, 1.54) is 5.56 Å². The van der Waals surface area contributed by atoms with Crippen molar-refractivity contribution < 1.29 is 0 Å². The summed E-state index contributed by atoms with van der Waals surface area (Å²) >= 11 is 9.31. The summed E-state index contributed by atoms with van der Waals surface area (Å²) in [4.78, 5) is 0. The Morgan fingerprint density at radius 1 is 1.57 bits per heavy atom. The molecule has 1 aromatic carbocycles. The number of hydrogen-bond acceptors (Lipinski definition) is 2. The Labute approximate surface area is 98.0 Å². The molecule has 0 unspecified atom stereocenters. The van der Waals surface area contributed by atoms with Crippen LogP contribution in [0.4, 0.5) is 0 Å². The van der Waals surface area contributed by atoms with Crippen molar-refractivity contribution in [1.29, 1.82) is 0 Å². The minimum absolute atomic E-state index is 0.331. The zero-order valence-electron chi connectivity index (χ0n) is 8.06. The van der Waals surface area contributed by atoms with E-state index in [0.717, 1.165) is 16.0 Å². The van der Waals surface area contributed by atoms with E-state index in [-0.39, 0.29) is 0 Å². The number of nitrogens with two attached hydrogens (primary N) is 1. The second kappa shape index (κ2) is 5.71. The average Bonchev–Trinajstić information content (AvgIpc) is 2.19. The quantitative estimate of drug-likeness (QED) is 0.887. The molecule has 1 atom stereocenters. The fourth-order valence-electron chi connectivity index (χ4n) is 1.03. The van der Waals surface area contributed by atoms with Gasteiger partial charge in [-0.3, -0.25) is 0 Å². The Bertz CT molecular complexity index is 304. The third-order valence-corrected chi connectivity index (χ3v) is 3.22. The molecule has 0 spiro atoms. The second-order valence-electron chi connectivity index (χ2n) is 3.27. The fraction of sp³-hybridized carbons (Fsp3) is 0.400. The summed E-state index contributed by atoms with van der Waals surface area (Å²) in [6.45, 7) is 3.50. The lowest BCUT2D eigenvalue weighted by Gasteiger charge is -2.11. The van der Waals surface area contributed by atoms with E-state index < -0.39 is 0 Å². The highest BCUT2D eigenvalue weighted by molar-refractivity contribution is 9.10. The molecule has 0 saturated carbocycles. The van der Waals surface area contributed by atoms with E-state index in [2.05, 4.69) is 28.2 Å². The monoisotopic (exact) mass is 276 g/mol. The predicted octanol–water partition coefficient (Wildman–Crippen LogP) is 2.54. The van der Waals surface area contributed by atoms with Gasteiger partial charge in [-0.2, -0.15) is 0 Å². The molecule has 1 aromatic rings. The fourth-order valence-corrected chi connectivity index (χ4v) is 1.47. The lowest BCUT2D eigenvalue weighted by Crippen LogP contribution is -2.32. The van der Waals surface area contributed by atoms with Gasteiger partial charge in [0, 0.05) is 23.6 Å². The summed E-state index contributed by atoms with van der Waals surface area (Å²) in [6, 6.07) is 6.26. The van der Waals surface area contributed by atoms with Crippen LogP contribution in [-0.2, 0) is 6.54 Å². The molecule has 0 bridgehead atoms. The van der Waals surface area contributed by atoms with Gasteiger partial charge in [0.05, 0.1) is 5.02 Å². The highest BCUT2D eigenvalue weighted by atomic mass is 79.9. The first kappa shape index (κ1) is 12.0. The van der Waals surface area contributed by atoms with Crippen molar-refractivity contribution in [1.82, 2.24) is 5.32 Å². The molecule has 0 aliphatic carbocycles. The van der Waals surface area contributed by atoms with Gasteiger partial charge in [0.15, 0.2) is 0 Å². The Morgan fingerprint density at radius 3 is 2.86 bits per heavy atom. The first-order chi connectivity index (χ1) is 6.63. The van der Waals surface area contributed by atoms with Crippen LogP contribution in [0.2, 0.25) is 5.02 Å². The Morgan fingerprint density at radius 2 is 2.29 bits per heavy atom. The molecule has 0 fully saturated rings. The van der Waals surface area contributed by atoms with Gasteiger partial charge in [-0.05, 0) is 40.5 Å². The van der Waals surface area contributed by atoms with Crippen LogP contribution < -0.4 is 11.1 Å². The SMILES string of the molecule is C[C@H](CN)NCc1ccc(Br)c(Cl)c1. The van der Waals surface area contributed by atoms with Crippen LogP contribution in [-0.4, -0.2) is 12.6 Å². The second-order valence-corrected chi connectivity index (χ2v) is 4.53. The van der Waals surface area contributed by atoms with E-state index in [4.69, 9.17) is 17.3 Å². The van der Waals surface area contributed by atoms with Gasteiger partial charge in [0.1, 0.15) is 0 Å². The summed E-state index contributed by atoms with van der Waals surface area (Å²) in [5.41, 5.74) is 6.66. The van der Waals surface area contributed by atoms with Crippen LogP contribution >= 0.6 is 27.5 Å². The van der Waals surface area contributed by atoms with Crippen LogP contribution in [0.25, 0.3) is 0 Å². The van der Waals surface area contributed by atoms with Crippen LogP contribution in [0.3, 0.4) is 0 Å². The van der Waals surface area contributed by atoms with Crippen molar-refractivity contribution in [2.45, 2.75) is 19.5 Å². The van der Waals surface area contributed by atoms with E-state index in [9.17, 15) is 0 Å². The van der Waals surface area contributed by atoms with Crippen LogP contribution in [0.5, 0.6) is 0 Å². The van der Waals surface area contributed by atoms with Crippen molar-refractivity contribution in [2.24, 2.45) is 5.73 Å². The highest BCUT2D eigenvalue weighted by Gasteiger charge is 2.01. The molecular formula is C10H14BrClN2. The van der Waals surface area contributed by atoms with Gasteiger partial charge < -0.3 is 11.1 Å². The smallest absolute Gasteiger partial charge is 0.0551 e. The molecule has 0 aliphatic heterocycles. The molecule has 0 heterocycles. The number of hydrogen-bond donors (Lipinski definition) is 2. The van der Waals surface area contributed by atoms with Crippen molar-refractivity contribution in [2.75, 3.05) is 6.54 Å². The van der Waals surface area contributed by atoms with Gasteiger partial charge in [-0.15, -0.1) is 0 Å². The van der Waals surface area contributed by atoms with Crippen LogP contribution in [0.1, 0.15) is 12.5 Å².